The van der Waals surface area contributed by atoms with E-state index in [1.807, 2.05) is 0 Å². The summed E-state index contributed by atoms with van der Waals surface area (Å²) in [6, 6.07) is 0. The molecule has 4 nitrogen and oxygen atoms in total. The molecule has 0 N–H and O–H groups in total. The second-order valence-electron chi connectivity index (χ2n) is 3.27. The van der Waals surface area contributed by atoms with Gasteiger partial charge in [-0.2, -0.15) is 26.3 Å². The quantitative estimate of drug-likeness (QED) is 0.509. The topological polar surface area (TPSA) is 36.9 Å². The summed E-state index contributed by atoms with van der Waals surface area (Å²) in [5, 5.41) is 0. The minimum Gasteiger partial charge on any atom is -0.373 e. The van der Waals surface area contributed by atoms with Crippen LogP contribution in [0.2, 0.25) is 0 Å². The molecule has 116 valence electrons. The van der Waals surface area contributed by atoms with E-state index in [4.69, 9.17) is 0 Å². The van der Waals surface area contributed by atoms with Crippen molar-refractivity contribution in [1.82, 2.24) is 0 Å². The molecule has 0 radical (unpaired) electrons. The maximum atomic E-state index is 13.7. The molecule has 0 aliphatic carbocycles. The average molecular weight is 316 g/mol. The Labute approximate surface area is 106 Å². The van der Waals surface area contributed by atoms with E-state index in [9.17, 15) is 26.3 Å². The first-order valence-corrected chi connectivity index (χ1v) is 6.65. The van der Waals surface area contributed by atoms with E-state index in [0.29, 0.717) is 21.3 Å². The lowest BCUT2D eigenvalue weighted by Gasteiger charge is -2.38. The van der Waals surface area contributed by atoms with Crippen LogP contribution in [-0.2, 0) is 18.0 Å². The molecule has 0 aromatic heterocycles. The molecular formula is C8H14F6O4Si. The van der Waals surface area contributed by atoms with Gasteiger partial charge in [-0.25, -0.2) is 0 Å². The van der Waals surface area contributed by atoms with E-state index in [2.05, 4.69) is 18.0 Å². The number of ether oxygens (including phenoxy) is 1. The lowest BCUT2D eigenvalue weighted by Crippen LogP contribution is -2.71. The summed E-state index contributed by atoms with van der Waals surface area (Å²) < 4.78 is 96.1. The summed E-state index contributed by atoms with van der Waals surface area (Å²) in [5.41, 5.74) is -5.39. The number of alkyl halides is 6. The molecule has 11 heteroatoms. The van der Waals surface area contributed by atoms with E-state index in [-0.39, 0.29) is 0 Å². The minimum atomic E-state index is -5.87. The van der Waals surface area contributed by atoms with Gasteiger partial charge in [-0.1, -0.05) is 0 Å². The van der Waals surface area contributed by atoms with Gasteiger partial charge in [-0.3, -0.25) is 0 Å². The van der Waals surface area contributed by atoms with Crippen LogP contribution in [0.4, 0.5) is 26.3 Å². The molecule has 0 aliphatic rings. The molecule has 0 unspecified atom stereocenters. The molecule has 0 saturated carbocycles. The van der Waals surface area contributed by atoms with Crippen molar-refractivity contribution < 1.29 is 44.4 Å². The van der Waals surface area contributed by atoms with Gasteiger partial charge in [-0.15, -0.1) is 0 Å². The molecule has 0 fully saturated rings. The average Bonchev–Trinajstić information content (AvgIpc) is 2.31. The molecule has 0 rings (SSSR count). The fourth-order valence-corrected chi connectivity index (χ4v) is 3.08. The Morgan fingerprint density at radius 1 is 0.842 bits per heavy atom. The van der Waals surface area contributed by atoms with Crippen molar-refractivity contribution in [1.29, 1.82) is 0 Å². The van der Waals surface area contributed by atoms with E-state index in [0.717, 1.165) is 6.92 Å². The smallest absolute Gasteiger partial charge is 0.373 e. The Hall–Kier alpha value is -0.363. The van der Waals surface area contributed by atoms with E-state index in [1.165, 1.54) is 0 Å². The van der Waals surface area contributed by atoms with E-state index < -0.39 is 33.0 Å². The van der Waals surface area contributed by atoms with Crippen molar-refractivity contribution in [2.24, 2.45) is 0 Å². The van der Waals surface area contributed by atoms with Crippen molar-refractivity contribution in [3.63, 3.8) is 0 Å². The predicted molar refractivity (Wildman–Crippen MR) is 53.2 cm³/mol. The first-order valence-electron chi connectivity index (χ1n) is 4.92. The van der Waals surface area contributed by atoms with Crippen molar-refractivity contribution in [2.45, 2.75) is 24.5 Å². The van der Waals surface area contributed by atoms with Crippen LogP contribution in [0.15, 0.2) is 0 Å². The number of halogens is 6. The summed E-state index contributed by atoms with van der Waals surface area (Å²) in [4.78, 5) is 0. The van der Waals surface area contributed by atoms with Gasteiger partial charge < -0.3 is 18.0 Å². The van der Waals surface area contributed by atoms with Crippen LogP contribution in [0, 0.1) is 0 Å². The van der Waals surface area contributed by atoms with Crippen LogP contribution in [0.1, 0.15) is 6.92 Å². The molecule has 0 aliphatic heterocycles. The normalized spacial score (nSPS) is 14.8. The Kier molecular flexibility index (Phi) is 5.84. The predicted octanol–water partition coefficient (Wildman–Crippen LogP) is 2.30. The van der Waals surface area contributed by atoms with Crippen molar-refractivity contribution >= 4 is 8.80 Å². The summed E-state index contributed by atoms with van der Waals surface area (Å²) in [6.07, 6.45) is -5.40. The van der Waals surface area contributed by atoms with E-state index in [1.54, 1.807) is 0 Å². The molecule has 0 saturated heterocycles. The Morgan fingerprint density at radius 3 is 1.47 bits per heavy atom. The Morgan fingerprint density at radius 2 is 1.21 bits per heavy atom. The van der Waals surface area contributed by atoms with Crippen molar-refractivity contribution in [3.8, 4) is 0 Å². The Bertz CT molecular complexity index is 289. The number of rotatable bonds is 8. The molecule has 0 spiro atoms. The summed E-state index contributed by atoms with van der Waals surface area (Å²) in [6.45, 7) is 0.0654. The number of hydrogen-bond acceptors (Lipinski definition) is 4. The lowest BCUT2D eigenvalue weighted by molar-refractivity contribution is -0.389. The van der Waals surface area contributed by atoms with E-state index >= 15 is 0 Å². The molecule has 0 atom stereocenters. The maximum Gasteiger partial charge on any atom is 0.581 e. The second kappa shape index (κ2) is 5.95. The fraction of sp³-hybridized carbons (Fsp3) is 1.00. The standard InChI is InChI=1S/C8H14F6O4Si/c1-5-18-7(11,12)6(9,10)8(13,14)19(15-2,16-3)17-4/h5H2,1-4H3. The van der Waals surface area contributed by atoms with Crippen LogP contribution in [0.5, 0.6) is 0 Å². The molecule has 0 amide bonds. The van der Waals surface area contributed by atoms with Crippen LogP contribution in [0.25, 0.3) is 0 Å². The zero-order valence-corrected chi connectivity index (χ0v) is 11.6. The summed E-state index contributed by atoms with van der Waals surface area (Å²) >= 11 is 0. The highest BCUT2D eigenvalue weighted by Gasteiger charge is 2.84. The van der Waals surface area contributed by atoms with Crippen LogP contribution in [0.3, 0.4) is 0 Å². The Balaban J connectivity index is 5.72. The first-order chi connectivity index (χ1) is 8.49. The van der Waals surface area contributed by atoms with Crippen LogP contribution in [-0.4, -0.2) is 54.3 Å². The SMILES string of the molecule is CCOC(F)(F)C(F)(F)C(F)(F)[Si](OC)(OC)OC. The van der Waals surface area contributed by atoms with Crippen molar-refractivity contribution in [3.05, 3.63) is 0 Å². The van der Waals surface area contributed by atoms with Gasteiger partial charge in [0.05, 0.1) is 6.61 Å². The molecule has 0 heterocycles. The molecule has 0 aromatic carbocycles. The zero-order chi connectivity index (χ0) is 15.5. The summed E-state index contributed by atoms with van der Waals surface area (Å²) in [7, 11) is -3.56. The fourth-order valence-electron chi connectivity index (χ4n) is 1.28. The van der Waals surface area contributed by atoms with Gasteiger partial charge in [-0.05, 0) is 6.92 Å². The highest BCUT2D eigenvalue weighted by atomic mass is 28.4. The molecular weight excluding hydrogens is 302 g/mol. The van der Waals surface area contributed by atoms with Gasteiger partial charge in [0.25, 0.3) is 0 Å². The number of hydrogen-bond donors (Lipinski definition) is 0. The molecule has 19 heavy (non-hydrogen) atoms. The third-order valence-electron chi connectivity index (χ3n) is 2.28. The summed E-state index contributed by atoms with van der Waals surface area (Å²) in [5.74, 6) is -5.87. The third kappa shape index (κ3) is 2.74. The monoisotopic (exact) mass is 316 g/mol. The minimum absolute atomic E-state index is 0.599. The first kappa shape index (κ1) is 18.6. The second-order valence-corrected chi connectivity index (χ2v) is 6.23. The molecule has 0 bridgehead atoms. The lowest BCUT2D eigenvalue weighted by atomic mass is 10.3. The third-order valence-corrected chi connectivity index (χ3v) is 4.97. The van der Waals surface area contributed by atoms with Gasteiger partial charge in [0, 0.05) is 21.3 Å². The van der Waals surface area contributed by atoms with Crippen molar-refractivity contribution in [2.75, 3.05) is 27.9 Å². The van der Waals surface area contributed by atoms with Crippen LogP contribution < -0.4 is 0 Å². The van der Waals surface area contributed by atoms with Gasteiger partial charge in [0.2, 0.25) is 0 Å². The van der Waals surface area contributed by atoms with Crippen LogP contribution >= 0.6 is 0 Å². The van der Waals surface area contributed by atoms with Gasteiger partial charge in [0.15, 0.2) is 0 Å². The zero-order valence-electron chi connectivity index (χ0n) is 10.6. The van der Waals surface area contributed by atoms with Gasteiger partial charge in [0.1, 0.15) is 0 Å². The highest BCUT2D eigenvalue weighted by molar-refractivity contribution is 6.63. The maximum absolute atomic E-state index is 13.7. The largest absolute Gasteiger partial charge is 0.581 e. The highest BCUT2D eigenvalue weighted by Crippen LogP contribution is 2.50. The molecule has 0 aromatic rings. The van der Waals surface area contributed by atoms with Gasteiger partial charge >= 0.3 is 26.4 Å².